The third-order valence-electron chi connectivity index (χ3n) is 3.90. The molecule has 1 N–H and O–H groups in total. The average Bonchev–Trinajstić information content (AvgIpc) is 3.06. The van der Waals surface area contributed by atoms with E-state index in [4.69, 9.17) is 4.74 Å². The van der Waals surface area contributed by atoms with Gasteiger partial charge in [0.2, 0.25) is 0 Å². The summed E-state index contributed by atoms with van der Waals surface area (Å²) in [5, 5.41) is 1.40. The topological polar surface area (TPSA) is 67.9 Å². The number of imidazole rings is 1. The van der Waals surface area contributed by atoms with Crippen LogP contribution in [0.15, 0.2) is 59.9 Å². The first kappa shape index (κ1) is 14.8. The Morgan fingerprint density at radius 2 is 2.00 bits per heavy atom. The molecule has 2 aromatic carbocycles. The van der Waals surface area contributed by atoms with Crippen molar-refractivity contribution in [2.75, 3.05) is 7.11 Å². The Bertz CT molecular complexity index is 1030. The van der Waals surface area contributed by atoms with Crippen molar-refractivity contribution in [1.82, 2.24) is 15.0 Å². The molecule has 2 heterocycles. The number of nitrogens with zero attached hydrogens (tertiary/aromatic N) is 2. The molecule has 1 atom stereocenters. The summed E-state index contributed by atoms with van der Waals surface area (Å²) < 4.78 is 18.1. The molecule has 0 spiro atoms. The molecule has 0 amide bonds. The summed E-state index contributed by atoms with van der Waals surface area (Å²) in [6, 6.07) is 15.3. The van der Waals surface area contributed by atoms with E-state index in [0.717, 1.165) is 33.2 Å². The lowest BCUT2D eigenvalue weighted by molar-refractivity contribution is 0.419. The number of para-hydroxylation sites is 3. The summed E-state index contributed by atoms with van der Waals surface area (Å²) in [4.78, 5) is 12.0. The molecule has 0 aliphatic carbocycles. The number of aromatic amines is 1. The Morgan fingerprint density at radius 1 is 1.12 bits per heavy atom. The van der Waals surface area contributed by atoms with Crippen LogP contribution >= 0.6 is 0 Å². The smallest absolute Gasteiger partial charge is 0.197 e. The molecule has 0 aliphatic heterocycles. The molecular weight excluding hydrogens is 322 g/mol. The summed E-state index contributed by atoms with van der Waals surface area (Å²) in [7, 11) is 0.354. The number of hydrogen-bond acceptors (Lipinski definition) is 4. The van der Waals surface area contributed by atoms with E-state index in [9.17, 15) is 4.21 Å². The van der Waals surface area contributed by atoms with Gasteiger partial charge in [0.05, 0.1) is 40.2 Å². The minimum Gasteiger partial charge on any atom is -0.496 e. The van der Waals surface area contributed by atoms with Gasteiger partial charge in [-0.15, -0.1) is 0 Å². The number of pyridine rings is 1. The van der Waals surface area contributed by atoms with E-state index in [1.165, 1.54) is 0 Å². The third kappa shape index (κ3) is 2.55. The van der Waals surface area contributed by atoms with Crippen molar-refractivity contribution >= 4 is 32.7 Å². The SMILES string of the molecule is COc1ccnc2c(CS(=O)c3nc4ccccc4[nH]3)cccc12. The molecule has 0 aliphatic rings. The van der Waals surface area contributed by atoms with Gasteiger partial charge in [0, 0.05) is 11.6 Å². The Balaban J connectivity index is 1.72. The predicted molar refractivity (Wildman–Crippen MR) is 94.5 cm³/mol. The fourth-order valence-corrected chi connectivity index (χ4v) is 3.83. The molecule has 1 unspecified atom stereocenters. The highest BCUT2D eigenvalue weighted by atomic mass is 32.2. The maximum absolute atomic E-state index is 12.7. The first-order chi connectivity index (χ1) is 11.8. The van der Waals surface area contributed by atoms with Crippen LogP contribution in [0.5, 0.6) is 5.75 Å². The number of benzene rings is 2. The molecule has 0 fully saturated rings. The zero-order valence-corrected chi connectivity index (χ0v) is 13.8. The Morgan fingerprint density at radius 3 is 2.83 bits per heavy atom. The molecule has 5 nitrogen and oxygen atoms in total. The van der Waals surface area contributed by atoms with Crippen LogP contribution in [0.4, 0.5) is 0 Å². The highest BCUT2D eigenvalue weighted by molar-refractivity contribution is 7.84. The summed E-state index contributed by atoms with van der Waals surface area (Å²) in [6.45, 7) is 0. The van der Waals surface area contributed by atoms with Gasteiger partial charge in [0.15, 0.2) is 5.16 Å². The Labute approximate surface area is 141 Å². The molecular formula is C18H15N3O2S. The fourth-order valence-electron chi connectivity index (χ4n) is 2.75. The van der Waals surface area contributed by atoms with Crippen LogP contribution in [-0.2, 0) is 16.6 Å². The molecule has 0 bridgehead atoms. The van der Waals surface area contributed by atoms with Crippen molar-refractivity contribution in [1.29, 1.82) is 0 Å². The number of rotatable bonds is 4. The van der Waals surface area contributed by atoms with Crippen LogP contribution in [-0.4, -0.2) is 26.3 Å². The number of fused-ring (bicyclic) bond motifs is 2. The minimum atomic E-state index is -1.28. The second-order valence-corrected chi connectivity index (χ2v) is 6.74. The number of nitrogens with one attached hydrogen (secondary N) is 1. The normalized spacial score (nSPS) is 12.5. The quantitative estimate of drug-likeness (QED) is 0.619. The number of H-pyrrole nitrogens is 1. The van der Waals surface area contributed by atoms with Crippen molar-refractivity contribution < 1.29 is 8.95 Å². The molecule has 0 radical (unpaired) electrons. The van der Waals surface area contributed by atoms with Crippen molar-refractivity contribution in [2.45, 2.75) is 10.9 Å². The van der Waals surface area contributed by atoms with Gasteiger partial charge in [0.25, 0.3) is 0 Å². The second-order valence-electron chi connectivity index (χ2n) is 5.38. The van der Waals surface area contributed by atoms with Crippen LogP contribution in [0.3, 0.4) is 0 Å². The van der Waals surface area contributed by atoms with Crippen LogP contribution in [0, 0.1) is 0 Å². The van der Waals surface area contributed by atoms with Crippen molar-refractivity contribution in [3.63, 3.8) is 0 Å². The zero-order chi connectivity index (χ0) is 16.5. The first-order valence-electron chi connectivity index (χ1n) is 7.50. The largest absolute Gasteiger partial charge is 0.496 e. The Hall–Kier alpha value is -2.73. The van der Waals surface area contributed by atoms with Crippen LogP contribution in [0.25, 0.3) is 21.9 Å². The lowest BCUT2D eigenvalue weighted by Crippen LogP contribution is -2.00. The van der Waals surface area contributed by atoms with Gasteiger partial charge in [-0.05, 0) is 29.8 Å². The van der Waals surface area contributed by atoms with Gasteiger partial charge >= 0.3 is 0 Å². The van der Waals surface area contributed by atoms with Crippen molar-refractivity contribution in [3.8, 4) is 5.75 Å². The van der Waals surface area contributed by atoms with Gasteiger partial charge in [-0.3, -0.25) is 9.19 Å². The van der Waals surface area contributed by atoms with Gasteiger partial charge in [-0.25, -0.2) is 4.98 Å². The van der Waals surface area contributed by atoms with E-state index in [-0.39, 0.29) is 0 Å². The molecule has 2 aromatic heterocycles. The molecule has 0 saturated heterocycles. The summed E-state index contributed by atoms with van der Waals surface area (Å²) in [5.41, 5.74) is 3.42. The monoisotopic (exact) mass is 337 g/mol. The highest BCUT2D eigenvalue weighted by Crippen LogP contribution is 2.27. The highest BCUT2D eigenvalue weighted by Gasteiger charge is 2.14. The van der Waals surface area contributed by atoms with E-state index >= 15 is 0 Å². The van der Waals surface area contributed by atoms with Crippen molar-refractivity contribution in [2.24, 2.45) is 0 Å². The maximum atomic E-state index is 12.7. The summed E-state index contributed by atoms with van der Waals surface area (Å²) >= 11 is 0. The third-order valence-corrected chi connectivity index (χ3v) is 5.10. The van der Waals surface area contributed by atoms with Crippen LogP contribution in [0.1, 0.15) is 5.56 Å². The average molecular weight is 337 g/mol. The van der Waals surface area contributed by atoms with Gasteiger partial charge in [-0.1, -0.05) is 24.3 Å². The molecule has 6 heteroatoms. The predicted octanol–water partition coefficient (Wildman–Crippen LogP) is 3.43. The molecule has 0 saturated carbocycles. The number of hydrogen-bond donors (Lipinski definition) is 1. The van der Waals surface area contributed by atoms with Crippen LogP contribution in [0.2, 0.25) is 0 Å². The van der Waals surface area contributed by atoms with Crippen molar-refractivity contribution in [3.05, 3.63) is 60.3 Å². The standard InChI is InChI=1S/C18H15N3O2S/c1-23-16-9-10-19-17-12(5-4-6-13(16)17)11-24(22)18-20-14-7-2-3-8-15(14)21-18/h2-10H,11H2,1H3,(H,20,21). The van der Waals surface area contributed by atoms with Crippen LogP contribution < -0.4 is 4.74 Å². The Kier molecular flexibility index (Phi) is 3.74. The zero-order valence-electron chi connectivity index (χ0n) is 13.0. The van der Waals surface area contributed by atoms with E-state index in [2.05, 4.69) is 15.0 Å². The van der Waals surface area contributed by atoms with E-state index < -0.39 is 10.8 Å². The van der Waals surface area contributed by atoms with E-state index in [1.807, 2.05) is 48.5 Å². The summed E-state index contributed by atoms with van der Waals surface area (Å²) in [6.07, 6.45) is 1.70. The molecule has 24 heavy (non-hydrogen) atoms. The fraction of sp³-hybridized carbons (Fsp3) is 0.111. The maximum Gasteiger partial charge on any atom is 0.197 e. The second kappa shape index (κ2) is 6.05. The van der Waals surface area contributed by atoms with E-state index in [0.29, 0.717) is 10.9 Å². The molecule has 120 valence electrons. The molecule has 4 aromatic rings. The number of ether oxygens (including phenoxy) is 1. The van der Waals surface area contributed by atoms with E-state index in [1.54, 1.807) is 13.3 Å². The van der Waals surface area contributed by atoms with Gasteiger partial charge < -0.3 is 9.72 Å². The lowest BCUT2D eigenvalue weighted by atomic mass is 10.1. The number of methoxy groups -OCH3 is 1. The molecule has 4 rings (SSSR count). The lowest BCUT2D eigenvalue weighted by Gasteiger charge is -2.08. The van der Waals surface area contributed by atoms with Gasteiger partial charge in [-0.2, -0.15) is 0 Å². The minimum absolute atomic E-state index is 0.345. The summed E-state index contributed by atoms with van der Waals surface area (Å²) in [5.74, 6) is 1.11. The van der Waals surface area contributed by atoms with Gasteiger partial charge in [0.1, 0.15) is 5.75 Å². The number of aromatic nitrogens is 3. The first-order valence-corrected chi connectivity index (χ1v) is 8.82.